The third-order valence-electron chi connectivity index (χ3n) is 3.80. The SMILES string of the molecule is COc1cc(C(=O)OCC(=O)Nc2cc(C(F)(F)F)ccc2Cl)cc(OC)c1OC. The Hall–Kier alpha value is -3.14. The maximum Gasteiger partial charge on any atom is 0.416 e. The van der Waals surface area contributed by atoms with E-state index >= 15 is 0 Å². The van der Waals surface area contributed by atoms with Crippen LogP contribution in [0.25, 0.3) is 0 Å². The molecule has 0 spiro atoms. The van der Waals surface area contributed by atoms with Crippen molar-refractivity contribution in [2.24, 2.45) is 0 Å². The van der Waals surface area contributed by atoms with Crippen LogP contribution in [0.15, 0.2) is 30.3 Å². The zero-order valence-corrected chi connectivity index (χ0v) is 16.8. The van der Waals surface area contributed by atoms with Gasteiger partial charge in [0, 0.05) is 0 Å². The molecule has 11 heteroatoms. The highest BCUT2D eigenvalue weighted by Gasteiger charge is 2.31. The number of methoxy groups -OCH3 is 3. The van der Waals surface area contributed by atoms with E-state index in [1.54, 1.807) is 0 Å². The number of carbonyl (C=O) groups is 2. The zero-order chi connectivity index (χ0) is 22.5. The summed E-state index contributed by atoms with van der Waals surface area (Å²) in [6.45, 7) is -0.762. The van der Waals surface area contributed by atoms with Crippen molar-refractivity contribution < 1.29 is 41.7 Å². The average Bonchev–Trinajstić information content (AvgIpc) is 2.71. The third-order valence-corrected chi connectivity index (χ3v) is 4.13. The van der Waals surface area contributed by atoms with Crippen molar-refractivity contribution in [3.05, 3.63) is 46.5 Å². The van der Waals surface area contributed by atoms with Gasteiger partial charge in [0.1, 0.15) is 0 Å². The van der Waals surface area contributed by atoms with Crippen LogP contribution >= 0.6 is 11.6 Å². The smallest absolute Gasteiger partial charge is 0.416 e. The maximum atomic E-state index is 12.8. The van der Waals surface area contributed by atoms with Crippen LogP contribution in [0.5, 0.6) is 17.2 Å². The molecule has 0 aromatic heterocycles. The van der Waals surface area contributed by atoms with Crippen LogP contribution in [0, 0.1) is 0 Å². The quantitative estimate of drug-likeness (QED) is 0.641. The molecule has 0 aliphatic rings. The number of hydrogen-bond acceptors (Lipinski definition) is 6. The van der Waals surface area contributed by atoms with Gasteiger partial charge in [-0.05, 0) is 30.3 Å². The van der Waals surface area contributed by atoms with Crippen molar-refractivity contribution in [1.82, 2.24) is 0 Å². The molecule has 0 aliphatic heterocycles. The van der Waals surface area contributed by atoms with E-state index in [0.717, 1.165) is 12.1 Å². The number of nitrogens with one attached hydrogen (secondary N) is 1. The highest BCUT2D eigenvalue weighted by molar-refractivity contribution is 6.33. The summed E-state index contributed by atoms with van der Waals surface area (Å²) in [7, 11) is 4.11. The van der Waals surface area contributed by atoms with Crippen molar-refractivity contribution in [2.75, 3.05) is 33.3 Å². The van der Waals surface area contributed by atoms with Gasteiger partial charge in [-0.3, -0.25) is 4.79 Å². The Morgan fingerprint density at radius 2 is 1.60 bits per heavy atom. The lowest BCUT2D eigenvalue weighted by Gasteiger charge is -2.14. The molecule has 0 unspecified atom stereocenters. The van der Waals surface area contributed by atoms with Crippen LogP contribution in [0.1, 0.15) is 15.9 Å². The minimum Gasteiger partial charge on any atom is -0.493 e. The van der Waals surface area contributed by atoms with E-state index in [2.05, 4.69) is 5.32 Å². The molecule has 1 N–H and O–H groups in total. The number of benzene rings is 2. The molecular weight excluding hydrogens is 431 g/mol. The van der Waals surface area contributed by atoms with Crippen molar-refractivity contribution in [1.29, 1.82) is 0 Å². The van der Waals surface area contributed by atoms with Gasteiger partial charge in [-0.25, -0.2) is 4.79 Å². The number of amides is 1. The second-order valence-corrected chi connectivity index (χ2v) is 6.14. The standard InChI is InChI=1S/C19H17ClF3NO6/c1-27-14-6-10(7-15(28-2)17(14)29-3)18(26)30-9-16(25)24-13-8-11(19(21,22)23)4-5-12(13)20/h4-8H,9H2,1-3H3,(H,24,25). The second-order valence-electron chi connectivity index (χ2n) is 5.73. The number of ether oxygens (including phenoxy) is 4. The first-order valence-electron chi connectivity index (χ1n) is 8.24. The molecule has 162 valence electrons. The van der Waals surface area contributed by atoms with Crippen molar-refractivity contribution in [3.63, 3.8) is 0 Å². The number of hydrogen-bond donors (Lipinski definition) is 1. The van der Waals surface area contributed by atoms with Gasteiger partial charge in [0.05, 0.1) is 43.2 Å². The van der Waals surface area contributed by atoms with Gasteiger partial charge in [-0.2, -0.15) is 13.2 Å². The molecule has 2 aromatic carbocycles. The summed E-state index contributed by atoms with van der Waals surface area (Å²) >= 11 is 5.81. The van der Waals surface area contributed by atoms with E-state index in [1.807, 2.05) is 0 Å². The van der Waals surface area contributed by atoms with Gasteiger partial charge >= 0.3 is 12.1 Å². The van der Waals surface area contributed by atoms with E-state index in [4.69, 9.17) is 30.5 Å². The summed E-state index contributed by atoms with van der Waals surface area (Å²) < 4.78 is 58.7. The highest BCUT2D eigenvalue weighted by Crippen LogP contribution is 2.38. The molecule has 1 amide bonds. The number of alkyl halides is 3. The molecule has 7 nitrogen and oxygen atoms in total. The number of esters is 1. The van der Waals surface area contributed by atoms with Crippen LogP contribution in [0.4, 0.5) is 18.9 Å². The Morgan fingerprint density at radius 1 is 1.00 bits per heavy atom. The van der Waals surface area contributed by atoms with Crippen molar-refractivity contribution >= 4 is 29.2 Å². The van der Waals surface area contributed by atoms with Crippen LogP contribution in [-0.4, -0.2) is 39.8 Å². The van der Waals surface area contributed by atoms with Gasteiger partial charge in [-0.15, -0.1) is 0 Å². The molecule has 0 radical (unpaired) electrons. The molecule has 0 fully saturated rings. The lowest BCUT2D eigenvalue weighted by molar-refractivity contribution is -0.137. The van der Waals surface area contributed by atoms with Crippen molar-refractivity contribution in [3.8, 4) is 17.2 Å². The minimum absolute atomic E-state index is 0.00870. The third kappa shape index (κ3) is 5.47. The Labute approximate surface area is 174 Å². The zero-order valence-electron chi connectivity index (χ0n) is 16.1. The number of anilines is 1. The first-order chi connectivity index (χ1) is 14.1. The summed E-state index contributed by atoms with van der Waals surface area (Å²) in [6.07, 6.45) is -4.61. The van der Waals surface area contributed by atoms with Gasteiger partial charge < -0.3 is 24.3 Å². The number of halogens is 4. The summed E-state index contributed by atoms with van der Waals surface area (Å²) in [5, 5.41) is 2.07. The average molecular weight is 448 g/mol. The van der Waals surface area contributed by atoms with Crippen LogP contribution in [-0.2, 0) is 15.7 Å². The van der Waals surface area contributed by atoms with Gasteiger partial charge in [0.2, 0.25) is 5.75 Å². The predicted molar refractivity (Wildman–Crippen MR) is 101 cm³/mol. The molecule has 2 rings (SSSR count). The summed E-state index contributed by atoms with van der Waals surface area (Å²) in [4.78, 5) is 24.3. The molecule has 30 heavy (non-hydrogen) atoms. The fourth-order valence-corrected chi connectivity index (χ4v) is 2.56. The molecular formula is C19H17ClF3NO6. The lowest BCUT2D eigenvalue weighted by Crippen LogP contribution is -2.21. The largest absolute Gasteiger partial charge is 0.493 e. The van der Waals surface area contributed by atoms with Gasteiger partial charge in [-0.1, -0.05) is 11.6 Å². The molecule has 0 heterocycles. The van der Waals surface area contributed by atoms with E-state index in [1.165, 1.54) is 33.5 Å². The number of rotatable bonds is 7. The van der Waals surface area contributed by atoms with E-state index in [9.17, 15) is 22.8 Å². The minimum atomic E-state index is -4.61. The monoisotopic (exact) mass is 447 g/mol. The highest BCUT2D eigenvalue weighted by atomic mass is 35.5. The molecule has 0 bridgehead atoms. The fraction of sp³-hybridized carbons (Fsp3) is 0.263. The van der Waals surface area contributed by atoms with Crippen LogP contribution < -0.4 is 19.5 Å². The van der Waals surface area contributed by atoms with E-state index < -0.39 is 30.2 Å². The van der Waals surface area contributed by atoms with Crippen LogP contribution in [0.3, 0.4) is 0 Å². The summed E-state index contributed by atoms with van der Waals surface area (Å²) in [5.74, 6) is -1.11. The second kappa shape index (κ2) is 9.57. The Morgan fingerprint density at radius 3 is 2.10 bits per heavy atom. The van der Waals surface area contributed by atoms with E-state index in [-0.39, 0.29) is 33.5 Å². The first kappa shape index (κ1) is 23.1. The Balaban J connectivity index is 2.09. The Bertz CT molecular complexity index is 923. The van der Waals surface area contributed by atoms with Crippen molar-refractivity contribution in [2.45, 2.75) is 6.18 Å². The molecule has 0 saturated heterocycles. The molecule has 2 aromatic rings. The number of carbonyl (C=O) groups excluding carboxylic acids is 2. The molecule has 0 saturated carbocycles. The van der Waals surface area contributed by atoms with Gasteiger partial charge in [0.15, 0.2) is 18.1 Å². The lowest BCUT2D eigenvalue weighted by atomic mass is 10.2. The molecule has 0 atom stereocenters. The van der Waals surface area contributed by atoms with E-state index in [0.29, 0.717) is 6.07 Å². The maximum absolute atomic E-state index is 12.8. The summed E-state index contributed by atoms with van der Waals surface area (Å²) in [6, 6.07) is 5.11. The topological polar surface area (TPSA) is 83.1 Å². The fourth-order valence-electron chi connectivity index (χ4n) is 2.40. The summed E-state index contributed by atoms with van der Waals surface area (Å²) in [5.41, 5.74) is -1.24. The first-order valence-corrected chi connectivity index (χ1v) is 8.62. The predicted octanol–water partition coefficient (Wildman–Crippen LogP) is 4.18. The van der Waals surface area contributed by atoms with Crippen LogP contribution in [0.2, 0.25) is 5.02 Å². The molecule has 0 aliphatic carbocycles. The van der Waals surface area contributed by atoms with Gasteiger partial charge in [0.25, 0.3) is 5.91 Å². The Kier molecular flexibility index (Phi) is 7.38. The normalized spacial score (nSPS) is 10.9.